The van der Waals surface area contributed by atoms with E-state index in [0.29, 0.717) is 5.92 Å². The monoisotopic (exact) mass is 205 g/mol. The van der Waals surface area contributed by atoms with Crippen molar-refractivity contribution in [3.05, 3.63) is 41.9 Å². The largest absolute Gasteiger partial charge is 0.0885 e. The molecule has 85 valence electrons. The van der Waals surface area contributed by atoms with Gasteiger partial charge >= 0.3 is 0 Å². The molecule has 15 heavy (non-hydrogen) atoms. The van der Waals surface area contributed by atoms with Gasteiger partial charge < -0.3 is 0 Å². The highest BCUT2D eigenvalue weighted by Crippen LogP contribution is 2.19. The Labute approximate surface area is 95.8 Å². The molecule has 0 amide bonds. The van der Waals surface area contributed by atoms with Gasteiger partial charge in [0, 0.05) is 5.92 Å². The summed E-state index contributed by atoms with van der Waals surface area (Å²) >= 11 is 0. The summed E-state index contributed by atoms with van der Waals surface area (Å²) in [6, 6.07) is 0. The normalized spacial score (nSPS) is 13.9. The molecule has 0 saturated heterocycles. The van der Waals surface area contributed by atoms with Crippen LogP contribution in [-0.2, 0) is 0 Å². The van der Waals surface area contributed by atoms with E-state index in [1.54, 1.807) is 0 Å². The molecule has 0 saturated carbocycles. The third-order valence-electron chi connectivity index (χ3n) is 2.33. The Morgan fingerprint density at radius 3 is 2.33 bits per heavy atom. The van der Waals surface area contributed by atoms with E-state index in [2.05, 4.69) is 65.0 Å². The van der Waals surface area contributed by atoms with Crippen molar-refractivity contribution in [2.24, 2.45) is 5.92 Å². The first-order valence-corrected chi connectivity index (χ1v) is 5.94. The van der Waals surface area contributed by atoms with Crippen LogP contribution in [0.3, 0.4) is 0 Å². The lowest BCUT2D eigenvalue weighted by atomic mass is 9.96. The summed E-state index contributed by atoms with van der Waals surface area (Å²) in [5.41, 5.74) is 1.43. The third-order valence-corrected chi connectivity index (χ3v) is 2.33. The molecule has 0 rings (SSSR count). The molecule has 0 aromatic carbocycles. The Morgan fingerprint density at radius 1 is 1.20 bits per heavy atom. The lowest BCUT2D eigenvalue weighted by Gasteiger charge is -2.09. The second-order valence-electron chi connectivity index (χ2n) is 4.18. The number of hydrogen-bond acceptors (Lipinski definition) is 0. The summed E-state index contributed by atoms with van der Waals surface area (Å²) in [6.45, 7) is 10.9. The van der Waals surface area contributed by atoms with Crippen LogP contribution in [0.25, 0.3) is 0 Å². The molecule has 0 atom stereocenters. The van der Waals surface area contributed by atoms with E-state index in [1.165, 1.54) is 11.5 Å². The highest BCUT2D eigenvalue weighted by molar-refractivity contribution is 5.32. The molecule has 0 fully saturated rings. The van der Waals surface area contributed by atoms with Crippen molar-refractivity contribution < 1.29 is 0 Å². The third kappa shape index (κ3) is 7.18. The van der Waals surface area contributed by atoms with Gasteiger partial charge in [-0.05, 0) is 25.7 Å². The molecule has 0 N–H and O–H groups in total. The molecule has 1 radical (unpaired) electrons. The molecule has 0 aromatic heterocycles. The minimum Gasteiger partial charge on any atom is -0.0885 e. The van der Waals surface area contributed by atoms with Crippen molar-refractivity contribution in [2.75, 3.05) is 0 Å². The molecule has 0 aliphatic carbocycles. The van der Waals surface area contributed by atoms with Gasteiger partial charge in [-0.25, -0.2) is 0 Å². The van der Waals surface area contributed by atoms with Crippen LogP contribution in [0.1, 0.15) is 47.5 Å². The summed E-state index contributed by atoms with van der Waals surface area (Å²) < 4.78 is 0. The van der Waals surface area contributed by atoms with E-state index in [9.17, 15) is 0 Å². The Morgan fingerprint density at radius 2 is 1.87 bits per heavy atom. The lowest BCUT2D eigenvalue weighted by molar-refractivity contribution is 0.827. The maximum atomic E-state index is 2.25. The number of hydrogen-bond donors (Lipinski definition) is 0. The topological polar surface area (TPSA) is 0 Å². The van der Waals surface area contributed by atoms with Crippen LogP contribution in [0.5, 0.6) is 0 Å². The van der Waals surface area contributed by atoms with E-state index < -0.39 is 0 Å². The fourth-order valence-electron chi connectivity index (χ4n) is 1.33. The molecular weight excluding hydrogens is 180 g/mol. The van der Waals surface area contributed by atoms with Gasteiger partial charge in [0.2, 0.25) is 0 Å². The van der Waals surface area contributed by atoms with Crippen LogP contribution in [0.15, 0.2) is 36.0 Å². The van der Waals surface area contributed by atoms with E-state index in [1.807, 2.05) is 0 Å². The minimum absolute atomic E-state index is 0.629. The summed E-state index contributed by atoms with van der Waals surface area (Å²) in [5.74, 6) is 2.01. The maximum Gasteiger partial charge on any atom is 0.0191 e. The van der Waals surface area contributed by atoms with Gasteiger partial charge in [0.1, 0.15) is 0 Å². The van der Waals surface area contributed by atoms with E-state index in [4.69, 9.17) is 0 Å². The van der Waals surface area contributed by atoms with Crippen LogP contribution in [0.4, 0.5) is 0 Å². The van der Waals surface area contributed by atoms with Crippen molar-refractivity contribution in [1.29, 1.82) is 0 Å². The zero-order valence-corrected chi connectivity index (χ0v) is 10.9. The van der Waals surface area contributed by atoms with Crippen molar-refractivity contribution in [2.45, 2.75) is 47.5 Å². The van der Waals surface area contributed by atoms with Crippen LogP contribution >= 0.6 is 0 Å². The van der Waals surface area contributed by atoms with Gasteiger partial charge in [0.25, 0.3) is 0 Å². The highest BCUT2D eigenvalue weighted by atomic mass is 14.1. The van der Waals surface area contributed by atoms with E-state index in [-0.39, 0.29) is 0 Å². The first-order valence-electron chi connectivity index (χ1n) is 5.94. The molecule has 0 aromatic rings. The molecule has 0 aliphatic heterocycles. The van der Waals surface area contributed by atoms with Crippen LogP contribution in [0.2, 0.25) is 0 Å². The number of allylic oxidation sites excluding steroid dienone is 6. The van der Waals surface area contributed by atoms with Gasteiger partial charge in [0.15, 0.2) is 0 Å². The van der Waals surface area contributed by atoms with Gasteiger partial charge in [0.05, 0.1) is 0 Å². The van der Waals surface area contributed by atoms with Gasteiger partial charge in [-0.1, -0.05) is 63.6 Å². The van der Waals surface area contributed by atoms with Gasteiger partial charge in [-0.15, -0.1) is 0 Å². The van der Waals surface area contributed by atoms with Gasteiger partial charge in [-0.2, -0.15) is 0 Å². The second-order valence-corrected chi connectivity index (χ2v) is 4.18. The van der Waals surface area contributed by atoms with Crippen molar-refractivity contribution in [3.63, 3.8) is 0 Å². The molecule has 0 bridgehead atoms. The summed E-state index contributed by atoms with van der Waals surface area (Å²) in [7, 11) is 0. The van der Waals surface area contributed by atoms with Crippen molar-refractivity contribution >= 4 is 0 Å². The van der Waals surface area contributed by atoms with Crippen molar-refractivity contribution in [3.8, 4) is 0 Å². The summed E-state index contributed by atoms with van der Waals surface area (Å²) in [4.78, 5) is 0. The fraction of sp³-hybridized carbons (Fsp3) is 0.533. The molecular formula is C15H25. The van der Waals surface area contributed by atoms with Crippen LogP contribution < -0.4 is 0 Å². The minimum atomic E-state index is 0.629. The zero-order valence-electron chi connectivity index (χ0n) is 10.9. The molecule has 0 heteroatoms. The van der Waals surface area contributed by atoms with E-state index >= 15 is 0 Å². The molecule has 0 unspecified atom stereocenters. The molecule has 0 nitrogen and oxygen atoms in total. The summed E-state index contributed by atoms with van der Waals surface area (Å²) in [6.07, 6.45) is 13.4. The van der Waals surface area contributed by atoms with Gasteiger partial charge in [-0.3, -0.25) is 0 Å². The van der Waals surface area contributed by atoms with E-state index in [0.717, 1.165) is 12.8 Å². The van der Waals surface area contributed by atoms with Crippen molar-refractivity contribution in [1.82, 2.24) is 0 Å². The average molecular weight is 205 g/mol. The lowest BCUT2D eigenvalue weighted by Crippen LogP contribution is -1.93. The van der Waals surface area contributed by atoms with Crippen LogP contribution in [-0.4, -0.2) is 0 Å². The average Bonchev–Trinajstić information content (AvgIpc) is 2.21. The zero-order chi connectivity index (χ0) is 11.7. The SMILES string of the molecule is CC=C(CC=CCC)[C](C)C=CC(C)C. The second kappa shape index (κ2) is 8.52. The quantitative estimate of drug-likeness (QED) is 0.529. The predicted octanol–water partition coefficient (Wildman–Crippen LogP) is 5.10. The Kier molecular flexibility index (Phi) is 8.08. The standard InChI is InChI=1S/C15H25/c1-6-8-9-10-15(7-2)14(5)12-11-13(3)4/h7-9,11-13H,6,10H2,1-5H3. The Balaban J connectivity index is 4.23. The Bertz CT molecular complexity index is 228. The first-order chi connectivity index (χ1) is 7.11. The first kappa shape index (κ1) is 14.2. The summed E-state index contributed by atoms with van der Waals surface area (Å²) in [5, 5.41) is 0. The van der Waals surface area contributed by atoms with Crippen LogP contribution in [0, 0.1) is 11.8 Å². The predicted molar refractivity (Wildman–Crippen MR) is 70.7 cm³/mol. The molecule has 0 aliphatic rings. The Hall–Kier alpha value is -0.780. The molecule has 0 spiro atoms. The fourth-order valence-corrected chi connectivity index (χ4v) is 1.33. The highest BCUT2D eigenvalue weighted by Gasteiger charge is 2.03. The maximum absolute atomic E-state index is 2.25. The smallest absolute Gasteiger partial charge is 0.0191 e. The molecule has 0 heterocycles. The number of rotatable bonds is 6.